The Bertz CT molecular complexity index is 962. The molecule has 0 saturated carbocycles. The molecule has 0 fully saturated rings. The predicted molar refractivity (Wildman–Crippen MR) is 105 cm³/mol. The standard InChI is InChI=1S/C18H20ClN5O4/c1-3-17(25)28-16-9-15(23-24-16)22-18-11-7-13(26-2)14(27-6-4-5-19)8-12(11)20-10-21-18/h7-10H,3-6H2,1-2H3,(H2,20,21,22,23,24). The molecule has 0 aliphatic heterocycles. The molecule has 9 nitrogen and oxygen atoms in total. The second-order valence-corrected chi connectivity index (χ2v) is 6.08. The first-order valence-corrected chi connectivity index (χ1v) is 9.22. The zero-order valence-electron chi connectivity index (χ0n) is 15.5. The first kappa shape index (κ1) is 19.7. The molecule has 3 aromatic rings. The number of ether oxygens (including phenoxy) is 3. The van der Waals surface area contributed by atoms with Crippen LogP contribution < -0.4 is 19.5 Å². The number of fused-ring (bicyclic) bond motifs is 1. The van der Waals surface area contributed by atoms with E-state index < -0.39 is 0 Å². The maximum Gasteiger partial charge on any atom is 0.312 e. The summed E-state index contributed by atoms with van der Waals surface area (Å²) in [5.41, 5.74) is 0.677. The van der Waals surface area contributed by atoms with Crippen molar-refractivity contribution in [2.24, 2.45) is 0 Å². The van der Waals surface area contributed by atoms with E-state index in [1.165, 1.54) is 6.33 Å². The van der Waals surface area contributed by atoms with E-state index in [0.717, 1.165) is 11.8 Å². The predicted octanol–water partition coefficient (Wildman–Crippen LogP) is 3.43. The molecule has 148 valence electrons. The second kappa shape index (κ2) is 9.23. The third-order valence-corrected chi connectivity index (χ3v) is 4.04. The monoisotopic (exact) mass is 405 g/mol. The minimum atomic E-state index is -0.364. The molecule has 10 heteroatoms. The molecule has 0 bridgehead atoms. The fraction of sp³-hybridized carbons (Fsp3) is 0.333. The van der Waals surface area contributed by atoms with Gasteiger partial charge in [0.15, 0.2) is 11.5 Å². The lowest BCUT2D eigenvalue weighted by Gasteiger charge is -2.13. The van der Waals surface area contributed by atoms with Crippen LogP contribution in [0.3, 0.4) is 0 Å². The van der Waals surface area contributed by atoms with Crippen molar-refractivity contribution in [1.29, 1.82) is 0 Å². The lowest BCUT2D eigenvalue weighted by atomic mass is 10.2. The normalized spacial score (nSPS) is 10.7. The van der Waals surface area contributed by atoms with E-state index in [1.54, 1.807) is 32.2 Å². The Labute approximate surface area is 166 Å². The number of anilines is 2. The van der Waals surface area contributed by atoms with Gasteiger partial charge in [0.05, 0.1) is 19.2 Å². The van der Waals surface area contributed by atoms with E-state index in [1.807, 2.05) is 0 Å². The van der Waals surface area contributed by atoms with Crippen molar-refractivity contribution in [3.8, 4) is 17.4 Å². The molecule has 0 saturated heterocycles. The van der Waals surface area contributed by atoms with Gasteiger partial charge in [0, 0.05) is 29.8 Å². The maximum atomic E-state index is 11.4. The third-order valence-electron chi connectivity index (χ3n) is 3.77. The molecule has 2 aromatic heterocycles. The third kappa shape index (κ3) is 4.61. The van der Waals surface area contributed by atoms with Gasteiger partial charge in [0.1, 0.15) is 18.0 Å². The zero-order valence-corrected chi connectivity index (χ0v) is 16.2. The highest BCUT2D eigenvalue weighted by molar-refractivity contribution is 6.17. The fourth-order valence-corrected chi connectivity index (χ4v) is 2.52. The van der Waals surface area contributed by atoms with Crippen LogP contribution in [0.1, 0.15) is 19.8 Å². The van der Waals surface area contributed by atoms with E-state index in [4.69, 9.17) is 25.8 Å². The molecular weight excluding hydrogens is 386 g/mol. The number of carbonyl (C=O) groups is 1. The number of hydrogen-bond acceptors (Lipinski definition) is 8. The van der Waals surface area contributed by atoms with Crippen LogP contribution >= 0.6 is 11.6 Å². The van der Waals surface area contributed by atoms with Gasteiger partial charge in [-0.1, -0.05) is 6.92 Å². The van der Waals surface area contributed by atoms with E-state index in [2.05, 4.69) is 25.5 Å². The molecule has 0 radical (unpaired) electrons. The van der Waals surface area contributed by atoms with Crippen LogP contribution in [-0.4, -0.2) is 45.7 Å². The second-order valence-electron chi connectivity index (χ2n) is 5.71. The molecule has 0 amide bonds. The van der Waals surface area contributed by atoms with Crippen molar-refractivity contribution in [2.75, 3.05) is 24.9 Å². The van der Waals surface area contributed by atoms with E-state index in [9.17, 15) is 4.79 Å². The molecule has 0 spiro atoms. The van der Waals surface area contributed by atoms with Gasteiger partial charge in [-0.25, -0.2) is 9.97 Å². The zero-order chi connectivity index (χ0) is 19.9. The van der Waals surface area contributed by atoms with Crippen LogP contribution in [0.2, 0.25) is 0 Å². The minimum absolute atomic E-state index is 0.181. The van der Waals surface area contributed by atoms with Crippen LogP contribution in [0, 0.1) is 0 Å². The molecule has 2 heterocycles. The quantitative estimate of drug-likeness (QED) is 0.316. The van der Waals surface area contributed by atoms with Crippen LogP contribution in [0.5, 0.6) is 17.4 Å². The highest BCUT2D eigenvalue weighted by Crippen LogP contribution is 2.34. The number of rotatable bonds is 9. The Morgan fingerprint density at radius 1 is 1.25 bits per heavy atom. The fourth-order valence-electron chi connectivity index (χ4n) is 2.41. The number of benzene rings is 1. The summed E-state index contributed by atoms with van der Waals surface area (Å²) in [6.07, 6.45) is 2.43. The summed E-state index contributed by atoms with van der Waals surface area (Å²) in [5.74, 6) is 2.53. The minimum Gasteiger partial charge on any atom is -0.493 e. The summed E-state index contributed by atoms with van der Waals surface area (Å²) in [4.78, 5) is 19.9. The molecule has 0 aliphatic rings. The number of aromatic amines is 1. The van der Waals surface area contributed by atoms with Crippen molar-refractivity contribution >= 4 is 40.1 Å². The summed E-state index contributed by atoms with van der Waals surface area (Å²) >= 11 is 5.70. The lowest BCUT2D eigenvalue weighted by molar-refractivity contribution is -0.134. The number of carbonyl (C=O) groups excluding carboxylic acids is 1. The average Bonchev–Trinajstić information content (AvgIpc) is 3.14. The summed E-state index contributed by atoms with van der Waals surface area (Å²) in [6.45, 7) is 2.19. The summed E-state index contributed by atoms with van der Waals surface area (Å²) in [5, 5.41) is 10.5. The van der Waals surface area contributed by atoms with Gasteiger partial charge in [0.2, 0.25) is 5.88 Å². The van der Waals surface area contributed by atoms with Gasteiger partial charge in [-0.15, -0.1) is 16.7 Å². The van der Waals surface area contributed by atoms with Crippen LogP contribution in [0.4, 0.5) is 11.6 Å². The number of esters is 1. The van der Waals surface area contributed by atoms with Crippen molar-refractivity contribution in [3.63, 3.8) is 0 Å². The van der Waals surface area contributed by atoms with Gasteiger partial charge in [-0.2, -0.15) is 0 Å². The summed E-state index contributed by atoms with van der Waals surface area (Å²) in [7, 11) is 1.57. The van der Waals surface area contributed by atoms with Crippen LogP contribution in [0.25, 0.3) is 10.9 Å². The SMILES string of the molecule is CCC(=O)Oc1cc(Nc2ncnc3cc(OCCCCl)c(OC)cc23)[nH]n1. The summed E-state index contributed by atoms with van der Waals surface area (Å²) in [6, 6.07) is 5.15. The van der Waals surface area contributed by atoms with Gasteiger partial charge in [0.25, 0.3) is 0 Å². The van der Waals surface area contributed by atoms with Gasteiger partial charge < -0.3 is 19.5 Å². The Balaban J connectivity index is 1.86. The molecule has 28 heavy (non-hydrogen) atoms. The molecule has 2 N–H and O–H groups in total. The van der Waals surface area contributed by atoms with Crippen molar-refractivity contribution in [3.05, 3.63) is 24.5 Å². The van der Waals surface area contributed by atoms with Gasteiger partial charge in [-0.05, 0) is 12.5 Å². The Morgan fingerprint density at radius 3 is 2.86 bits per heavy atom. The number of hydrogen-bond donors (Lipinski definition) is 2. The molecule has 1 aromatic carbocycles. The molecule has 0 aliphatic carbocycles. The Kier molecular flexibility index (Phi) is 6.49. The largest absolute Gasteiger partial charge is 0.493 e. The number of halogens is 1. The number of H-pyrrole nitrogens is 1. The van der Waals surface area contributed by atoms with E-state index in [0.29, 0.717) is 41.1 Å². The van der Waals surface area contributed by atoms with E-state index >= 15 is 0 Å². The molecular formula is C18H20ClN5O4. The number of nitrogens with zero attached hydrogens (tertiary/aromatic N) is 3. The highest BCUT2D eigenvalue weighted by atomic mass is 35.5. The summed E-state index contributed by atoms with van der Waals surface area (Å²) < 4.78 is 16.2. The Hall–Kier alpha value is -3.07. The number of methoxy groups -OCH3 is 1. The maximum absolute atomic E-state index is 11.4. The first-order chi connectivity index (χ1) is 13.6. The molecule has 3 rings (SSSR count). The van der Waals surface area contributed by atoms with Crippen molar-refractivity contribution < 1.29 is 19.0 Å². The van der Waals surface area contributed by atoms with Gasteiger partial charge >= 0.3 is 5.97 Å². The smallest absolute Gasteiger partial charge is 0.312 e. The van der Waals surface area contributed by atoms with Crippen molar-refractivity contribution in [2.45, 2.75) is 19.8 Å². The number of alkyl halides is 1. The van der Waals surface area contributed by atoms with Crippen molar-refractivity contribution in [1.82, 2.24) is 20.2 Å². The Morgan fingerprint density at radius 2 is 2.11 bits per heavy atom. The van der Waals surface area contributed by atoms with E-state index in [-0.39, 0.29) is 18.3 Å². The topological polar surface area (TPSA) is 111 Å². The molecule has 0 unspecified atom stereocenters. The average molecular weight is 406 g/mol. The lowest BCUT2D eigenvalue weighted by Crippen LogP contribution is -2.05. The highest BCUT2D eigenvalue weighted by Gasteiger charge is 2.13. The number of nitrogens with one attached hydrogen (secondary N) is 2. The molecule has 0 atom stereocenters. The van der Waals surface area contributed by atoms with Gasteiger partial charge in [-0.3, -0.25) is 9.89 Å². The number of aromatic nitrogens is 4. The van der Waals surface area contributed by atoms with Crippen LogP contribution in [0.15, 0.2) is 24.5 Å². The first-order valence-electron chi connectivity index (χ1n) is 8.69. The van der Waals surface area contributed by atoms with Crippen LogP contribution in [-0.2, 0) is 4.79 Å².